The molecule has 0 atom stereocenters. The highest BCUT2D eigenvalue weighted by molar-refractivity contribution is 6.31. The monoisotopic (exact) mass is 354 g/mol. The Morgan fingerprint density at radius 1 is 1.00 bits per heavy atom. The van der Waals surface area contributed by atoms with Crippen LogP contribution in [0.1, 0.15) is 11.1 Å². The summed E-state index contributed by atoms with van der Waals surface area (Å²) in [6.07, 6.45) is 3.72. The Morgan fingerprint density at radius 3 is 2.32 bits per heavy atom. The molecule has 0 bridgehead atoms. The molecule has 1 aromatic heterocycles. The highest BCUT2D eigenvalue weighted by atomic mass is 35.5. The van der Waals surface area contributed by atoms with Crippen LogP contribution in [0.15, 0.2) is 42.6 Å². The minimum Gasteiger partial charge on any atom is -0.493 e. The second-order valence-corrected chi connectivity index (χ2v) is 6.68. The molecule has 1 aliphatic rings. The van der Waals surface area contributed by atoms with Crippen molar-refractivity contribution in [2.45, 2.75) is 18.9 Å². The summed E-state index contributed by atoms with van der Waals surface area (Å²) < 4.78 is 10.8. The largest absolute Gasteiger partial charge is 0.493 e. The fourth-order valence-corrected chi connectivity index (χ4v) is 3.68. The van der Waals surface area contributed by atoms with E-state index in [2.05, 4.69) is 22.4 Å². The van der Waals surface area contributed by atoms with Crippen LogP contribution < -0.4 is 14.8 Å². The highest BCUT2D eigenvalue weighted by Crippen LogP contribution is 2.36. The zero-order valence-corrected chi connectivity index (χ0v) is 14.9. The number of aromatic nitrogens is 1. The third-order valence-electron chi connectivity index (χ3n) is 4.70. The van der Waals surface area contributed by atoms with Crippen LogP contribution in [-0.4, -0.2) is 25.2 Å². The highest BCUT2D eigenvalue weighted by Gasteiger charge is 2.24. The number of hydrogen-bond acceptors (Lipinski definition) is 4. The molecule has 128 valence electrons. The molecule has 2 aromatic carbocycles. The molecule has 4 nitrogen and oxygen atoms in total. The van der Waals surface area contributed by atoms with E-state index in [9.17, 15) is 0 Å². The molecule has 0 amide bonds. The number of rotatable bonds is 4. The summed E-state index contributed by atoms with van der Waals surface area (Å²) in [5, 5.41) is 5.44. The van der Waals surface area contributed by atoms with E-state index in [4.69, 9.17) is 21.1 Å². The zero-order chi connectivity index (χ0) is 17.4. The van der Waals surface area contributed by atoms with Gasteiger partial charge in [0.05, 0.1) is 19.7 Å². The molecule has 4 rings (SSSR count). The topological polar surface area (TPSA) is 43.4 Å². The lowest BCUT2D eigenvalue weighted by molar-refractivity contribution is 0.354. The lowest BCUT2D eigenvalue weighted by atomic mass is 10.1. The van der Waals surface area contributed by atoms with Crippen molar-refractivity contribution in [3.05, 3.63) is 58.7 Å². The van der Waals surface area contributed by atoms with E-state index in [0.717, 1.165) is 40.9 Å². The number of nitrogens with one attached hydrogen (secondary N) is 1. The van der Waals surface area contributed by atoms with Crippen LogP contribution in [0.5, 0.6) is 11.5 Å². The molecule has 0 saturated carbocycles. The Kier molecular flexibility index (Phi) is 4.14. The molecule has 0 spiro atoms. The van der Waals surface area contributed by atoms with E-state index in [1.807, 2.05) is 30.5 Å². The van der Waals surface area contributed by atoms with Crippen molar-refractivity contribution < 1.29 is 9.47 Å². The normalized spacial score (nSPS) is 13.7. The molecule has 0 radical (unpaired) electrons. The molecular weight excluding hydrogens is 336 g/mol. The SMILES string of the molecule is COc1cc2c(cc1OC)CC(Nc1ccnc3cc(Cl)ccc13)C2. The van der Waals surface area contributed by atoms with Gasteiger partial charge in [-0.25, -0.2) is 0 Å². The third-order valence-corrected chi connectivity index (χ3v) is 4.94. The average Bonchev–Trinajstić information content (AvgIpc) is 3.01. The van der Waals surface area contributed by atoms with Crippen LogP contribution in [0.4, 0.5) is 5.69 Å². The first kappa shape index (κ1) is 16.0. The molecule has 0 fully saturated rings. The fraction of sp³-hybridized carbons (Fsp3) is 0.250. The summed E-state index contributed by atoms with van der Waals surface area (Å²) in [7, 11) is 3.34. The summed E-state index contributed by atoms with van der Waals surface area (Å²) in [6, 6.07) is 12.3. The summed E-state index contributed by atoms with van der Waals surface area (Å²) >= 11 is 6.08. The van der Waals surface area contributed by atoms with E-state index in [0.29, 0.717) is 11.1 Å². The Balaban J connectivity index is 1.61. The number of fused-ring (bicyclic) bond motifs is 2. The predicted molar refractivity (Wildman–Crippen MR) is 101 cm³/mol. The van der Waals surface area contributed by atoms with E-state index < -0.39 is 0 Å². The van der Waals surface area contributed by atoms with Crippen LogP contribution in [0.3, 0.4) is 0 Å². The van der Waals surface area contributed by atoms with Gasteiger partial charge in [0.1, 0.15) is 0 Å². The molecule has 25 heavy (non-hydrogen) atoms. The Labute approximate surface area is 151 Å². The van der Waals surface area contributed by atoms with Gasteiger partial charge in [-0.3, -0.25) is 4.98 Å². The first-order chi connectivity index (χ1) is 12.2. The van der Waals surface area contributed by atoms with Gasteiger partial charge in [-0.2, -0.15) is 0 Å². The maximum Gasteiger partial charge on any atom is 0.161 e. The van der Waals surface area contributed by atoms with Crippen molar-refractivity contribution >= 4 is 28.2 Å². The van der Waals surface area contributed by atoms with E-state index in [1.54, 1.807) is 14.2 Å². The average molecular weight is 355 g/mol. The molecule has 1 N–H and O–H groups in total. The number of ether oxygens (including phenoxy) is 2. The van der Waals surface area contributed by atoms with Crippen molar-refractivity contribution in [2.75, 3.05) is 19.5 Å². The van der Waals surface area contributed by atoms with Crippen LogP contribution in [0.25, 0.3) is 10.9 Å². The summed E-state index contributed by atoms with van der Waals surface area (Å²) in [4.78, 5) is 4.40. The number of anilines is 1. The number of pyridine rings is 1. The first-order valence-corrected chi connectivity index (χ1v) is 8.60. The third kappa shape index (κ3) is 2.98. The number of methoxy groups -OCH3 is 2. The number of halogens is 1. The van der Waals surface area contributed by atoms with Gasteiger partial charge in [-0.1, -0.05) is 11.6 Å². The zero-order valence-electron chi connectivity index (χ0n) is 14.2. The Hall–Kier alpha value is -2.46. The van der Waals surface area contributed by atoms with Crippen LogP contribution >= 0.6 is 11.6 Å². The van der Waals surface area contributed by atoms with Crippen LogP contribution in [0.2, 0.25) is 5.02 Å². The Morgan fingerprint density at radius 2 is 1.68 bits per heavy atom. The van der Waals surface area contributed by atoms with Crippen molar-refractivity contribution in [2.24, 2.45) is 0 Å². The summed E-state index contributed by atoms with van der Waals surface area (Å²) in [5.41, 5.74) is 4.59. The van der Waals surface area contributed by atoms with Gasteiger partial charge in [-0.05, 0) is 60.4 Å². The maximum absolute atomic E-state index is 6.08. The van der Waals surface area contributed by atoms with Gasteiger partial charge >= 0.3 is 0 Å². The minimum absolute atomic E-state index is 0.327. The lowest BCUT2D eigenvalue weighted by Gasteiger charge is -2.15. The molecular formula is C20H19ClN2O2. The van der Waals surface area contributed by atoms with E-state index in [1.165, 1.54) is 11.1 Å². The van der Waals surface area contributed by atoms with Gasteiger partial charge < -0.3 is 14.8 Å². The molecule has 0 aliphatic heterocycles. The lowest BCUT2D eigenvalue weighted by Crippen LogP contribution is -2.19. The van der Waals surface area contributed by atoms with Crippen LogP contribution in [0, 0.1) is 0 Å². The van der Waals surface area contributed by atoms with Gasteiger partial charge in [0.2, 0.25) is 0 Å². The van der Waals surface area contributed by atoms with Crippen molar-refractivity contribution in [3.8, 4) is 11.5 Å². The molecule has 1 aliphatic carbocycles. The quantitative estimate of drug-likeness (QED) is 0.750. The van der Waals surface area contributed by atoms with Crippen molar-refractivity contribution in [1.29, 1.82) is 0 Å². The smallest absolute Gasteiger partial charge is 0.161 e. The predicted octanol–water partition coefficient (Wildman–Crippen LogP) is 4.48. The fourth-order valence-electron chi connectivity index (χ4n) is 3.52. The number of hydrogen-bond donors (Lipinski definition) is 1. The van der Waals surface area contributed by atoms with Gasteiger partial charge in [0.25, 0.3) is 0 Å². The number of benzene rings is 2. The number of nitrogens with zero attached hydrogens (tertiary/aromatic N) is 1. The molecule has 3 aromatic rings. The summed E-state index contributed by atoms with van der Waals surface area (Å²) in [6.45, 7) is 0. The van der Waals surface area contributed by atoms with Gasteiger partial charge in [-0.15, -0.1) is 0 Å². The standard InChI is InChI=1S/C20H19ClN2O2/c1-24-19-9-12-7-15(8-13(12)10-20(19)25-2)23-17-5-6-22-18-11-14(21)3-4-16(17)18/h3-6,9-11,15H,7-8H2,1-2H3,(H,22,23). The van der Waals surface area contributed by atoms with Crippen molar-refractivity contribution in [3.63, 3.8) is 0 Å². The van der Waals surface area contributed by atoms with Crippen LogP contribution in [-0.2, 0) is 12.8 Å². The van der Waals surface area contributed by atoms with E-state index in [-0.39, 0.29) is 0 Å². The first-order valence-electron chi connectivity index (χ1n) is 8.22. The maximum atomic E-state index is 6.08. The molecule has 0 saturated heterocycles. The van der Waals surface area contributed by atoms with Crippen molar-refractivity contribution in [1.82, 2.24) is 4.98 Å². The Bertz CT molecular complexity index is 909. The molecule has 1 heterocycles. The molecule has 5 heteroatoms. The molecule has 0 unspecified atom stereocenters. The second-order valence-electron chi connectivity index (χ2n) is 6.25. The second kappa shape index (κ2) is 6.45. The van der Waals surface area contributed by atoms with E-state index >= 15 is 0 Å². The van der Waals surface area contributed by atoms with Gasteiger partial charge in [0.15, 0.2) is 11.5 Å². The van der Waals surface area contributed by atoms with Gasteiger partial charge in [0, 0.05) is 28.3 Å². The minimum atomic E-state index is 0.327. The summed E-state index contributed by atoms with van der Waals surface area (Å²) in [5.74, 6) is 1.57.